The van der Waals surface area contributed by atoms with Crippen LogP contribution in [-0.4, -0.2) is 21.3 Å². The lowest BCUT2D eigenvalue weighted by molar-refractivity contribution is 0.210. The van der Waals surface area contributed by atoms with E-state index in [2.05, 4.69) is 41.2 Å². The van der Waals surface area contributed by atoms with Gasteiger partial charge in [0.05, 0.1) is 0 Å². The normalized spacial score (nSPS) is 12.6. The van der Waals surface area contributed by atoms with Gasteiger partial charge in [0.2, 0.25) is 0 Å². The SMILES string of the molecule is C=C(Cc1cc(O)n(CCN)c1O)CC(C)(C)CC(C)(C)C. The molecule has 0 spiro atoms. The molecular formula is C18H32N2O2. The van der Waals surface area contributed by atoms with E-state index >= 15 is 0 Å². The number of rotatable bonds is 7. The van der Waals surface area contributed by atoms with Crippen LogP contribution in [0.2, 0.25) is 0 Å². The van der Waals surface area contributed by atoms with Gasteiger partial charge in [-0.2, -0.15) is 0 Å². The van der Waals surface area contributed by atoms with E-state index in [1.54, 1.807) is 6.07 Å². The van der Waals surface area contributed by atoms with Crippen molar-refractivity contribution in [3.05, 3.63) is 23.8 Å². The molecule has 0 aliphatic heterocycles. The van der Waals surface area contributed by atoms with Gasteiger partial charge in [-0.05, 0) is 30.1 Å². The topological polar surface area (TPSA) is 71.4 Å². The van der Waals surface area contributed by atoms with Gasteiger partial charge in [0.25, 0.3) is 0 Å². The number of aromatic nitrogens is 1. The summed E-state index contributed by atoms with van der Waals surface area (Å²) in [6.07, 6.45) is 2.57. The van der Waals surface area contributed by atoms with Crippen LogP contribution in [0.1, 0.15) is 53.0 Å². The number of nitrogens with zero attached hydrogens (tertiary/aromatic N) is 1. The fourth-order valence-electron chi connectivity index (χ4n) is 3.57. The van der Waals surface area contributed by atoms with E-state index in [1.807, 2.05) is 0 Å². The van der Waals surface area contributed by atoms with E-state index in [1.165, 1.54) is 4.57 Å². The average Bonchev–Trinajstić information content (AvgIpc) is 2.53. The second-order valence-electron chi connectivity index (χ2n) is 8.30. The first-order valence-electron chi connectivity index (χ1n) is 7.92. The minimum atomic E-state index is 0.0553. The molecule has 126 valence electrons. The van der Waals surface area contributed by atoms with Crippen molar-refractivity contribution in [3.63, 3.8) is 0 Å². The van der Waals surface area contributed by atoms with Crippen LogP contribution in [-0.2, 0) is 13.0 Å². The van der Waals surface area contributed by atoms with Crippen LogP contribution in [0, 0.1) is 10.8 Å². The van der Waals surface area contributed by atoms with Gasteiger partial charge in [-0.25, -0.2) is 0 Å². The zero-order valence-corrected chi connectivity index (χ0v) is 14.7. The zero-order chi connectivity index (χ0) is 17.1. The molecule has 0 atom stereocenters. The molecule has 1 rings (SSSR count). The van der Waals surface area contributed by atoms with E-state index in [-0.39, 0.29) is 22.6 Å². The highest BCUT2D eigenvalue weighted by molar-refractivity contribution is 5.38. The Balaban J connectivity index is 2.75. The third-order valence-corrected chi connectivity index (χ3v) is 3.65. The summed E-state index contributed by atoms with van der Waals surface area (Å²) in [5.41, 5.74) is 7.70. The average molecular weight is 308 g/mol. The van der Waals surface area contributed by atoms with Crippen molar-refractivity contribution in [1.82, 2.24) is 4.57 Å². The van der Waals surface area contributed by atoms with Crippen molar-refractivity contribution in [1.29, 1.82) is 0 Å². The van der Waals surface area contributed by atoms with Gasteiger partial charge in [0.15, 0.2) is 11.8 Å². The molecule has 4 heteroatoms. The molecule has 0 aliphatic carbocycles. The van der Waals surface area contributed by atoms with Crippen LogP contribution in [0.5, 0.6) is 11.8 Å². The predicted molar refractivity (Wildman–Crippen MR) is 92.1 cm³/mol. The molecule has 0 saturated heterocycles. The lowest BCUT2D eigenvalue weighted by Crippen LogP contribution is -2.21. The first-order chi connectivity index (χ1) is 9.95. The molecule has 0 aliphatic rings. The molecule has 22 heavy (non-hydrogen) atoms. The molecule has 0 aromatic carbocycles. The Hall–Kier alpha value is -1.42. The van der Waals surface area contributed by atoms with Gasteiger partial charge in [-0.15, -0.1) is 0 Å². The third kappa shape index (κ3) is 5.41. The molecule has 0 bridgehead atoms. The highest BCUT2D eigenvalue weighted by Gasteiger charge is 2.26. The molecule has 0 saturated carbocycles. The highest BCUT2D eigenvalue weighted by Crippen LogP contribution is 2.39. The largest absolute Gasteiger partial charge is 0.494 e. The number of hydrogen-bond donors (Lipinski definition) is 3. The molecule has 4 N–H and O–H groups in total. The maximum atomic E-state index is 10.2. The first-order valence-corrected chi connectivity index (χ1v) is 7.92. The molecule has 1 aromatic heterocycles. The van der Waals surface area contributed by atoms with Crippen molar-refractivity contribution in [2.75, 3.05) is 6.54 Å². The quantitative estimate of drug-likeness (QED) is 0.671. The fraction of sp³-hybridized carbons (Fsp3) is 0.667. The van der Waals surface area contributed by atoms with Crippen LogP contribution in [0.15, 0.2) is 18.2 Å². The van der Waals surface area contributed by atoms with Crippen LogP contribution < -0.4 is 5.73 Å². The Labute approximate surface area is 134 Å². The number of nitrogens with two attached hydrogens (primary N) is 1. The molecule has 0 amide bonds. The molecule has 0 unspecified atom stereocenters. The summed E-state index contributed by atoms with van der Waals surface area (Å²) in [4.78, 5) is 0. The molecule has 1 aromatic rings. The van der Waals surface area contributed by atoms with E-state index in [0.29, 0.717) is 25.1 Å². The zero-order valence-electron chi connectivity index (χ0n) is 14.7. The van der Waals surface area contributed by atoms with Crippen molar-refractivity contribution in [3.8, 4) is 11.8 Å². The predicted octanol–water partition coefficient (Wildman–Crippen LogP) is 3.81. The highest BCUT2D eigenvalue weighted by atomic mass is 16.3. The van der Waals surface area contributed by atoms with Gasteiger partial charge in [-0.1, -0.05) is 46.8 Å². The van der Waals surface area contributed by atoms with Gasteiger partial charge < -0.3 is 15.9 Å². The summed E-state index contributed by atoms with van der Waals surface area (Å²) in [6, 6.07) is 1.60. The Kier molecular flexibility index (Phi) is 5.74. The van der Waals surface area contributed by atoms with E-state index in [9.17, 15) is 10.2 Å². The lowest BCUT2D eigenvalue weighted by Gasteiger charge is -2.33. The van der Waals surface area contributed by atoms with E-state index < -0.39 is 0 Å². The van der Waals surface area contributed by atoms with Crippen molar-refractivity contribution in [2.24, 2.45) is 16.6 Å². The Morgan fingerprint density at radius 2 is 1.82 bits per heavy atom. The van der Waals surface area contributed by atoms with Gasteiger partial charge in [0.1, 0.15) is 0 Å². The minimum absolute atomic E-state index is 0.0553. The summed E-state index contributed by atoms with van der Waals surface area (Å²) in [6.45, 7) is 16.2. The minimum Gasteiger partial charge on any atom is -0.494 e. The molecule has 1 heterocycles. The van der Waals surface area contributed by atoms with Crippen LogP contribution in [0.3, 0.4) is 0 Å². The smallest absolute Gasteiger partial charge is 0.197 e. The second kappa shape index (κ2) is 6.78. The summed E-state index contributed by atoms with van der Waals surface area (Å²) in [7, 11) is 0. The van der Waals surface area contributed by atoms with Gasteiger partial charge in [0, 0.05) is 24.7 Å². The van der Waals surface area contributed by atoms with Gasteiger partial charge in [-0.3, -0.25) is 4.57 Å². The summed E-state index contributed by atoms with van der Waals surface area (Å²) in [5, 5.41) is 20.0. The first kappa shape index (κ1) is 18.6. The van der Waals surface area contributed by atoms with Gasteiger partial charge >= 0.3 is 0 Å². The van der Waals surface area contributed by atoms with E-state index in [4.69, 9.17) is 5.73 Å². The fourth-order valence-corrected chi connectivity index (χ4v) is 3.57. The molecule has 0 radical (unpaired) electrons. The Morgan fingerprint density at radius 1 is 1.23 bits per heavy atom. The summed E-state index contributed by atoms with van der Waals surface area (Å²) >= 11 is 0. The van der Waals surface area contributed by atoms with Crippen molar-refractivity contribution < 1.29 is 10.2 Å². The van der Waals surface area contributed by atoms with Crippen molar-refractivity contribution >= 4 is 0 Å². The van der Waals surface area contributed by atoms with Crippen LogP contribution in [0.25, 0.3) is 0 Å². The maximum Gasteiger partial charge on any atom is 0.197 e. The van der Waals surface area contributed by atoms with Crippen LogP contribution in [0.4, 0.5) is 0 Å². The lowest BCUT2D eigenvalue weighted by atomic mass is 9.73. The maximum absolute atomic E-state index is 10.2. The Bertz CT molecular complexity index is 522. The monoisotopic (exact) mass is 308 g/mol. The standard InChI is InChI=1S/C18H32N2O2/c1-13(11-18(5,6)12-17(2,3)4)9-14-10-15(21)20(8-7-19)16(14)22/h10,21-22H,1,7-9,11-12,19H2,2-6H3. The van der Waals surface area contributed by atoms with E-state index in [0.717, 1.165) is 18.4 Å². The summed E-state index contributed by atoms with van der Waals surface area (Å²) < 4.78 is 1.43. The van der Waals surface area contributed by atoms with Crippen LogP contribution >= 0.6 is 0 Å². The molecule has 0 fully saturated rings. The Morgan fingerprint density at radius 3 is 2.32 bits per heavy atom. The van der Waals surface area contributed by atoms with Crippen molar-refractivity contribution in [2.45, 2.75) is 60.4 Å². The molecule has 4 nitrogen and oxygen atoms in total. The number of hydrogen-bond acceptors (Lipinski definition) is 3. The second-order valence-corrected chi connectivity index (χ2v) is 8.30. The number of allylic oxidation sites excluding steroid dienone is 1. The molecular weight excluding hydrogens is 276 g/mol. The number of aromatic hydroxyl groups is 2. The summed E-state index contributed by atoms with van der Waals surface area (Å²) in [5.74, 6) is 0.150. The third-order valence-electron chi connectivity index (χ3n) is 3.65.